The molecule has 1 N–H and O–H groups in total. The van der Waals surface area contributed by atoms with Gasteiger partial charge in [-0.05, 0) is 31.9 Å². The van der Waals surface area contributed by atoms with Gasteiger partial charge in [-0.25, -0.2) is 0 Å². The van der Waals surface area contributed by atoms with Crippen LogP contribution in [0.3, 0.4) is 0 Å². The van der Waals surface area contributed by atoms with Crippen LogP contribution in [-0.2, 0) is 6.54 Å². The van der Waals surface area contributed by atoms with Crippen molar-refractivity contribution < 1.29 is 0 Å². The van der Waals surface area contributed by atoms with Crippen LogP contribution >= 0.6 is 0 Å². The summed E-state index contributed by atoms with van der Waals surface area (Å²) in [6, 6.07) is 2.50. The molecule has 0 amide bonds. The fourth-order valence-corrected chi connectivity index (χ4v) is 1.87. The SMILES string of the molecule is CCn1nccc1C(CC(C)(C)C)NC. The summed E-state index contributed by atoms with van der Waals surface area (Å²) in [4.78, 5) is 0. The Morgan fingerprint density at radius 3 is 2.60 bits per heavy atom. The van der Waals surface area contributed by atoms with Crippen molar-refractivity contribution in [2.75, 3.05) is 7.05 Å². The van der Waals surface area contributed by atoms with Crippen LogP contribution in [0, 0.1) is 5.41 Å². The van der Waals surface area contributed by atoms with Gasteiger partial charge in [0.05, 0.1) is 5.69 Å². The molecular weight excluding hydrogens is 186 g/mol. The zero-order chi connectivity index (χ0) is 11.5. The average Bonchev–Trinajstić information content (AvgIpc) is 2.60. The Kier molecular flexibility index (Phi) is 3.91. The Labute approximate surface area is 92.9 Å². The van der Waals surface area contributed by atoms with E-state index in [1.807, 2.05) is 13.2 Å². The summed E-state index contributed by atoms with van der Waals surface area (Å²) in [5.41, 5.74) is 1.62. The molecule has 0 saturated heterocycles. The van der Waals surface area contributed by atoms with Gasteiger partial charge in [0.1, 0.15) is 0 Å². The van der Waals surface area contributed by atoms with Crippen molar-refractivity contribution in [1.82, 2.24) is 15.1 Å². The molecule has 0 spiro atoms. The maximum Gasteiger partial charge on any atom is 0.0553 e. The smallest absolute Gasteiger partial charge is 0.0553 e. The number of aryl methyl sites for hydroxylation is 1. The van der Waals surface area contributed by atoms with Crippen LogP contribution in [0.15, 0.2) is 12.3 Å². The van der Waals surface area contributed by atoms with Crippen molar-refractivity contribution in [3.8, 4) is 0 Å². The van der Waals surface area contributed by atoms with Gasteiger partial charge in [0, 0.05) is 18.8 Å². The molecule has 0 aromatic carbocycles. The number of hydrogen-bond donors (Lipinski definition) is 1. The highest BCUT2D eigenvalue weighted by molar-refractivity contribution is 5.07. The van der Waals surface area contributed by atoms with Gasteiger partial charge in [-0.3, -0.25) is 4.68 Å². The third-order valence-electron chi connectivity index (χ3n) is 2.57. The summed E-state index contributed by atoms with van der Waals surface area (Å²) in [7, 11) is 2.02. The van der Waals surface area contributed by atoms with E-state index >= 15 is 0 Å². The highest BCUT2D eigenvalue weighted by Gasteiger charge is 2.21. The first kappa shape index (κ1) is 12.2. The lowest BCUT2D eigenvalue weighted by atomic mass is 9.87. The number of hydrogen-bond acceptors (Lipinski definition) is 2. The first-order chi connectivity index (χ1) is 6.98. The van der Waals surface area contributed by atoms with Crippen LogP contribution in [-0.4, -0.2) is 16.8 Å². The topological polar surface area (TPSA) is 29.9 Å². The van der Waals surface area contributed by atoms with Gasteiger partial charge < -0.3 is 5.32 Å². The van der Waals surface area contributed by atoms with E-state index in [1.165, 1.54) is 5.69 Å². The van der Waals surface area contributed by atoms with Crippen LogP contribution in [0.5, 0.6) is 0 Å². The fourth-order valence-electron chi connectivity index (χ4n) is 1.87. The Hall–Kier alpha value is -0.830. The van der Waals surface area contributed by atoms with Crippen molar-refractivity contribution >= 4 is 0 Å². The average molecular weight is 209 g/mol. The summed E-state index contributed by atoms with van der Waals surface area (Å²) in [6.45, 7) is 9.86. The monoisotopic (exact) mass is 209 g/mol. The second-order valence-corrected chi connectivity index (χ2v) is 5.18. The summed E-state index contributed by atoms with van der Waals surface area (Å²) in [5, 5.41) is 7.69. The molecule has 3 heteroatoms. The van der Waals surface area contributed by atoms with Gasteiger partial charge in [0.2, 0.25) is 0 Å². The molecule has 86 valence electrons. The predicted molar refractivity (Wildman–Crippen MR) is 63.8 cm³/mol. The lowest BCUT2D eigenvalue weighted by molar-refractivity contribution is 0.311. The third kappa shape index (κ3) is 3.34. The van der Waals surface area contributed by atoms with Gasteiger partial charge in [-0.1, -0.05) is 20.8 Å². The van der Waals surface area contributed by atoms with Gasteiger partial charge in [-0.15, -0.1) is 0 Å². The molecular formula is C12H23N3. The van der Waals surface area contributed by atoms with Crippen LogP contribution in [0.25, 0.3) is 0 Å². The Balaban J connectivity index is 2.83. The molecule has 0 fully saturated rings. The van der Waals surface area contributed by atoms with Crippen molar-refractivity contribution in [2.45, 2.75) is 46.7 Å². The normalized spacial score (nSPS) is 14.2. The molecule has 0 aliphatic heterocycles. The van der Waals surface area contributed by atoms with E-state index in [-0.39, 0.29) is 0 Å². The van der Waals surface area contributed by atoms with E-state index < -0.39 is 0 Å². The second-order valence-electron chi connectivity index (χ2n) is 5.18. The Morgan fingerprint density at radius 2 is 2.13 bits per heavy atom. The minimum Gasteiger partial charge on any atom is -0.312 e. The lowest BCUT2D eigenvalue weighted by Crippen LogP contribution is -2.25. The van der Waals surface area contributed by atoms with E-state index in [0.717, 1.165) is 13.0 Å². The highest BCUT2D eigenvalue weighted by atomic mass is 15.3. The number of rotatable bonds is 4. The number of nitrogens with one attached hydrogen (secondary N) is 1. The van der Waals surface area contributed by atoms with Crippen molar-refractivity contribution in [3.05, 3.63) is 18.0 Å². The van der Waals surface area contributed by atoms with Gasteiger partial charge in [0.15, 0.2) is 0 Å². The molecule has 0 aliphatic carbocycles. The summed E-state index contributed by atoms with van der Waals surface area (Å²) < 4.78 is 2.06. The lowest BCUT2D eigenvalue weighted by Gasteiger charge is -2.26. The molecule has 15 heavy (non-hydrogen) atoms. The molecule has 3 nitrogen and oxygen atoms in total. The molecule has 1 aromatic heterocycles. The van der Waals surface area contributed by atoms with Crippen LogP contribution in [0.4, 0.5) is 0 Å². The minimum atomic E-state index is 0.330. The predicted octanol–water partition coefficient (Wildman–Crippen LogP) is 2.60. The maximum absolute atomic E-state index is 4.31. The minimum absolute atomic E-state index is 0.330. The van der Waals surface area contributed by atoms with Gasteiger partial charge in [0.25, 0.3) is 0 Å². The number of aromatic nitrogens is 2. The van der Waals surface area contributed by atoms with Gasteiger partial charge in [-0.2, -0.15) is 5.10 Å². The van der Waals surface area contributed by atoms with Gasteiger partial charge >= 0.3 is 0 Å². The molecule has 1 unspecified atom stereocenters. The molecule has 0 aliphatic rings. The Morgan fingerprint density at radius 1 is 1.47 bits per heavy atom. The third-order valence-corrected chi connectivity index (χ3v) is 2.57. The molecule has 0 saturated carbocycles. The molecule has 1 rings (SSSR count). The molecule has 1 aromatic rings. The van der Waals surface area contributed by atoms with Crippen LogP contribution < -0.4 is 5.32 Å². The van der Waals surface area contributed by atoms with Crippen LogP contribution in [0.2, 0.25) is 0 Å². The van der Waals surface area contributed by atoms with E-state index in [1.54, 1.807) is 0 Å². The molecule has 1 heterocycles. The highest BCUT2D eigenvalue weighted by Crippen LogP contribution is 2.28. The zero-order valence-electron chi connectivity index (χ0n) is 10.5. The van der Waals surface area contributed by atoms with E-state index in [9.17, 15) is 0 Å². The van der Waals surface area contributed by atoms with E-state index in [0.29, 0.717) is 11.5 Å². The second kappa shape index (κ2) is 4.79. The zero-order valence-corrected chi connectivity index (χ0v) is 10.5. The largest absolute Gasteiger partial charge is 0.312 e. The van der Waals surface area contributed by atoms with Crippen molar-refractivity contribution in [3.63, 3.8) is 0 Å². The molecule has 1 atom stereocenters. The van der Waals surface area contributed by atoms with Crippen LogP contribution in [0.1, 0.15) is 45.9 Å². The number of nitrogens with zero attached hydrogens (tertiary/aromatic N) is 2. The first-order valence-electron chi connectivity index (χ1n) is 5.67. The van der Waals surface area contributed by atoms with E-state index in [2.05, 4.69) is 48.9 Å². The summed E-state index contributed by atoms with van der Waals surface area (Å²) in [5.74, 6) is 0. The molecule has 0 radical (unpaired) electrons. The maximum atomic E-state index is 4.31. The fraction of sp³-hybridized carbons (Fsp3) is 0.750. The summed E-state index contributed by atoms with van der Waals surface area (Å²) in [6.07, 6.45) is 3.00. The van der Waals surface area contributed by atoms with Crippen molar-refractivity contribution in [1.29, 1.82) is 0 Å². The standard InChI is InChI=1S/C12H23N3/c1-6-15-11(7-8-14-15)10(13-5)9-12(2,3)4/h7-8,10,13H,6,9H2,1-5H3. The Bertz CT molecular complexity index is 296. The van der Waals surface area contributed by atoms with E-state index in [4.69, 9.17) is 0 Å². The quantitative estimate of drug-likeness (QED) is 0.826. The molecule has 0 bridgehead atoms. The van der Waals surface area contributed by atoms with Crippen molar-refractivity contribution in [2.24, 2.45) is 5.41 Å². The first-order valence-corrected chi connectivity index (χ1v) is 5.67. The summed E-state index contributed by atoms with van der Waals surface area (Å²) >= 11 is 0.